The van der Waals surface area contributed by atoms with Crippen LogP contribution in [0.1, 0.15) is 19.3 Å². The average molecular weight is 177 g/mol. The maximum atomic E-state index is 11.1. The van der Waals surface area contributed by atoms with Gasteiger partial charge in [-0.1, -0.05) is 0 Å². The molecular formula is C6H11NO3S. The van der Waals surface area contributed by atoms with Crippen LogP contribution in [0.4, 0.5) is 0 Å². The Bertz CT molecular complexity index is 200. The van der Waals surface area contributed by atoms with E-state index in [-0.39, 0.29) is 0 Å². The highest BCUT2D eigenvalue weighted by molar-refractivity contribution is 7.85. The smallest absolute Gasteiger partial charge is 0.325 e. The molecule has 0 radical (unpaired) electrons. The molecule has 1 fully saturated rings. The van der Waals surface area contributed by atoms with Gasteiger partial charge in [0.1, 0.15) is 11.0 Å². The Hall–Kier alpha value is -0.420. The van der Waals surface area contributed by atoms with Crippen molar-refractivity contribution >= 4 is 17.0 Å². The van der Waals surface area contributed by atoms with E-state index in [0.717, 1.165) is 6.42 Å². The summed E-state index contributed by atoms with van der Waals surface area (Å²) in [5, 5.41) is 5.18. The molecule has 0 bridgehead atoms. The SMILES string of the molecule is COC(=O)C1(S(N)=O)CCC1. The quantitative estimate of drug-likeness (QED) is 0.589. The Kier molecular flexibility index (Phi) is 2.29. The third-order valence-electron chi connectivity index (χ3n) is 2.10. The van der Waals surface area contributed by atoms with E-state index in [2.05, 4.69) is 4.74 Å². The highest BCUT2D eigenvalue weighted by Crippen LogP contribution is 2.37. The molecule has 1 rings (SSSR count). The molecule has 1 aliphatic rings. The summed E-state index contributed by atoms with van der Waals surface area (Å²) in [6.07, 6.45) is 2.07. The van der Waals surface area contributed by atoms with Crippen molar-refractivity contribution in [1.29, 1.82) is 0 Å². The number of hydrogen-bond donors (Lipinski definition) is 1. The van der Waals surface area contributed by atoms with E-state index in [1.165, 1.54) is 7.11 Å². The van der Waals surface area contributed by atoms with Gasteiger partial charge in [-0.25, -0.2) is 4.21 Å². The van der Waals surface area contributed by atoms with Gasteiger partial charge >= 0.3 is 5.97 Å². The zero-order valence-electron chi connectivity index (χ0n) is 6.33. The highest BCUT2D eigenvalue weighted by Gasteiger charge is 2.49. The van der Waals surface area contributed by atoms with Gasteiger partial charge in [0.2, 0.25) is 0 Å². The van der Waals surface area contributed by atoms with Gasteiger partial charge in [0.15, 0.2) is 4.75 Å². The third-order valence-corrected chi connectivity index (χ3v) is 3.45. The minimum absolute atomic E-state index is 0.440. The van der Waals surface area contributed by atoms with Crippen LogP contribution >= 0.6 is 0 Å². The molecule has 0 saturated heterocycles. The average Bonchev–Trinajstić information content (AvgIpc) is 1.84. The van der Waals surface area contributed by atoms with Gasteiger partial charge in [-0.15, -0.1) is 0 Å². The van der Waals surface area contributed by atoms with Crippen molar-refractivity contribution in [2.24, 2.45) is 5.14 Å². The predicted octanol–water partition coefficient (Wildman–Crippen LogP) is -0.296. The van der Waals surface area contributed by atoms with Crippen molar-refractivity contribution in [2.75, 3.05) is 7.11 Å². The number of carbonyl (C=O) groups is 1. The van der Waals surface area contributed by atoms with Crippen molar-refractivity contribution in [3.63, 3.8) is 0 Å². The Morgan fingerprint density at radius 2 is 2.18 bits per heavy atom. The summed E-state index contributed by atoms with van der Waals surface area (Å²) in [4.78, 5) is 11.1. The van der Waals surface area contributed by atoms with Crippen molar-refractivity contribution in [1.82, 2.24) is 0 Å². The van der Waals surface area contributed by atoms with Crippen LogP contribution in [0.25, 0.3) is 0 Å². The molecule has 11 heavy (non-hydrogen) atoms. The largest absolute Gasteiger partial charge is 0.468 e. The molecule has 4 nitrogen and oxygen atoms in total. The van der Waals surface area contributed by atoms with Gasteiger partial charge < -0.3 is 4.74 Å². The van der Waals surface area contributed by atoms with Crippen molar-refractivity contribution < 1.29 is 13.7 Å². The van der Waals surface area contributed by atoms with E-state index in [0.29, 0.717) is 12.8 Å². The first-order chi connectivity index (χ1) is 5.13. The van der Waals surface area contributed by atoms with Gasteiger partial charge in [-0.3, -0.25) is 9.93 Å². The third kappa shape index (κ3) is 1.18. The van der Waals surface area contributed by atoms with Gasteiger partial charge in [-0.2, -0.15) is 0 Å². The van der Waals surface area contributed by atoms with Crippen LogP contribution in [-0.2, 0) is 20.5 Å². The molecule has 1 unspecified atom stereocenters. The summed E-state index contributed by atoms with van der Waals surface area (Å²) in [5.41, 5.74) is 0. The fourth-order valence-electron chi connectivity index (χ4n) is 1.17. The van der Waals surface area contributed by atoms with E-state index in [1.54, 1.807) is 0 Å². The van der Waals surface area contributed by atoms with E-state index >= 15 is 0 Å². The summed E-state index contributed by atoms with van der Waals surface area (Å²) >= 11 is 0. The van der Waals surface area contributed by atoms with E-state index in [9.17, 15) is 9.00 Å². The van der Waals surface area contributed by atoms with E-state index in [1.807, 2.05) is 0 Å². The van der Waals surface area contributed by atoms with Gasteiger partial charge in [-0.05, 0) is 19.3 Å². The number of carbonyl (C=O) groups excluding carboxylic acids is 1. The Morgan fingerprint density at radius 1 is 1.64 bits per heavy atom. The lowest BCUT2D eigenvalue weighted by Crippen LogP contribution is -2.52. The van der Waals surface area contributed by atoms with E-state index in [4.69, 9.17) is 5.14 Å². The fourth-order valence-corrected chi connectivity index (χ4v) is 2.11. The lowest BCUT2D eigenvalue weighted by molar-refractivity contribution is -0.146. The monoisotopic (exact) mass is 177 g/mol. The molecule has 0 spiro atoms. The molecule has 0 aromatic carbocycles. The minimum Gasteiger partial charge on any atom is -0.468 e. The predicted molar refractivity (Wildman–Crippen MR) is 40.9 cm³/mol. The molecule has 0 heterocycles. The Balaban J connectivity index is 2.75. The number of esters is 1. The molecule has 0 aliphatic heterocycles. The van der Waals surface area contributed by atoms with Gasteiger partial charge in [0.25, 0.3) is 0 Å². The minimum atomic E-state index is -1.59. The molecule has 0 aromatic rings. The van der Waals surface area contributed by atoms with Crippen LogP contribution in [0.15, 0.2) is 0 Å². The first-order valence-electron chi connectivity index (χ1n) is 3.38. The highest BCUT2D eigenvalue weighted by atomic mass is 32.2. The lowest BCUT2D eigenvalue weighted by Gasteiger charge is -2.35. The molecule has 2 N–H and O–H groups in total. The number of hydrogen-bond acceptors (Lipinski definition) is 3. The lowest BCUT2D eigenvalue weighted by atomic mass is 9.84. The summed E-state index contributed by atoms with van der Waals surface area (Å²) in [6.45, 7) is 0. The first kappa shape index (κ1) is 8.67. The van der Waals surface area contributed by atoms with Gasteiger partial charge in [0, 0.05) is 0 Å². The Labute approximate surface area is 67.7 Å². The fraction of sp³-hybridized carbons (Fsp3) is 0.833. The second kappa shape index (κ2) is 2.91. The van der Waals surface area contributed by atoms with Crippen molar-refractivity contribution in [3.05, 3.63) is 0 Å². The normalized spacial score (nSPS) is 23.5. The summed E-state index contributed by atoms with van der Waals surface area (Å²) in [5.74, 6) is -0.440. The molecule has 0 aromatic heterocycles. The summed E-state index contributed by atoms with van der Waals surface area (Å²) < 4.78 is 14.6. The van der Waals surface area contributed by atoms with E-state index < -0.39 is 21.7 Å². The van der Waals surface area contributed by atoms with Crippen LogP contribution in [-0.4, -0.2) is 22.0 Å². The number of rotatable bonds is 2. The van der Waals surface area contributed by atoms with Crippen LogP contribution in [0.2, 0.25) is 0 Å². The molecule has 1 atom stereocenters. The second-order valence-electron chi connectivity index (χ2n) is 2.64. The first-order valence-corrected chi connectivity index (χ1v) is 4.59. The zero-order chi connectivity index (χ0) is 8.48. The number of ether oxygens (including phenoxy) is 1. The molecule has 0 amide bonds. The molecule has 5 heteroatoms. The second-order valence-corrected chi connectivity index (χ2v) is 4.01. The molecule has 1 aliphatic carbocycles. The van der Waals surface area contributed by atoms with Gasteiger partial charge in [0.05, 0.1) is 7.11 Å². The molecule has 1 saturated carbocycles. The van der Waals surface area contributed by atoms with Crippen LogP contribution < -0.4 is 5.14 Å². The number of methoxy groups -OCH3 is 1. The van der Waals surface area contributed by atoms with Crippen LogP contribution in [0.5, 0.6) is 0 Å². The van der Waals surface area contributed by atoms with Crippen molar-refractivity contribution in [3.8, 4) is 0 Å². The standard InChI is InChI=1S/C6H11NO3S/c1-10-5(8)6(11(7)9)3-2-4-6/h2-4,7H2,1H3. The molecular weight excluding hydrogens is 166 g/mol. The maximum Gasteiger partial charge on any atom is 0.325 e. The van der Waals surface area contributed by atoms with Crippen molar-refractivity contribution in [2.45, 2.75) is 24.0 Å². The summed E-state index contributed by atoms with van der Waals surface area (Å²) in [6, 6.07) is 0. The summed E-state index contributed by atoms with van der Waals surface area (Å²) in [7, 11) is -0.300. The number of nitrogens with two attached hydrogens (primary N) is 1. The maximum absolute atomic E-state index is 11.1. The molecule has 64 valence electrons. The van der Waals surface area contributed by atoms with Crippen LogP contribution in [0.3, 0.4) is 0 Å². The van der Waals surface area contributed by atoms with Crippen LogP contribution in [0, 0.1) is 0 Å². The topological polar surface area (TPSA) is 69.4 Å². The zero-order valence-corrected chi connectivity index (χ0v) is 7.15. The Morgan fingerprint density at radius 3 is 2.27 bits per heavy atom.